The molecule has 21 heavy (non-hydrogen) atoms. The van der Waals surface area contributed by atoms with E-state index in [0.717, 1.165) is 24.3 Å². The van der Waals surface area contributed by atoms with Gasteiger partial charge < -0.3 is 9.84 Å². The lowest BCUT2D eigenvalue weighted by atomic mass is 10.1. The van der Waals surface area contributed by atoms with E-state index in [9.17, 15) is 5.11 Å². The molecule has 3 nitrogen and oxygen atoms in total. The number of fused-ring (bicyclic) bond motifs is 1. The average molecular weight is 283 g/mol. The third-order valence-corrected chi connectivity index (χ3v) is 4.31. The van der Waals surface area contributed by atoms with Gasteiger partial charge in [-0.15, -0.1) is 0 Å². The first-order valence-electron chi connectivity index (χ1n) is 7.28. The van der Waals surface area contributed by atoms with Crippen molar-refractivity contribution >= 4 is 0 Å². The van der Waals surface area contributed by atoms with Gasteiger partial charge in [-0.05, 0) is 42.3 Å². The molecule has 0 radical (unpaired) electrons. The van der Waals surface area contributed by atoms with Crippen LogP contribution in [-0.4, -0.2) is 30.2 Å². The average Bonchev–Trinajstić information content (AvgIpc) is 2.85. The van der Waals surface area contributed by atoms with Crippen molar-refractivity contribution in [1.82, 2.24) is 4.90 Å². The summed E-state index contributed by atoms with van der Waals surface area (Å²) in [5.41, 5.74) is 3.48. The molecule has 2 unspecified atom stereocenters. The van der Waals surface area contributed by atoms with E-state index in [2.05, 4.69) is 30.1 Å². The number of nitrogens with zero attached hydrogens (tertiary/aromatic N) is 1. The molecule has 1 aliphatic carbocycles. The van der Waals surface area contributed by atoms with Gasteiger partial charge >= 0.3 is 0 Å². The first kappa shape index (κ1) is 14.1. The van der Waals surface area contributed by atoms with Gasteiger partial charge in [0.25, 0.3) is 0 Å². The number of benzene rings is 2. The van der Waals surface area contributed by atoms with E-state index < -0.39 is 6.10 Å². The summed E-state index contributed by atoms with van der Waals surface area (Å²) in [4.78, 5) is 2.23. The molecule has 3 rings (SSSR count). The molecule has 2 aromatic rings. The third kappa shape index (κ3) is 2.80. The smallest absolute Gasteiger partial charge is 0.119 e. The van der Waals surface area contributed by atoms with Gasteiger partial charge in [-0.3, -0.25) is 4.90 Å². The van der Waals surface area contributed by atoms with Crippen LogP contribution in [0.2, 0.25) is 0 Å². The van der Waals surface area contributed by atoms with Crippen LogP contribution in [0.5, 0.6) is 5.75 Å². The fourth-order valence-electron chi connectivity index (χ4n) is 3.09. The highest BCUT2D eigenvalue weighted by molar-refractivity contribution is 5.41. The molecule has 110 valence electrons. The molecule has 0 fully saturated rings. The summed E-state index contributed by atoms with van der Waals surface area (Å²) >= 11 is 0. The fourth-order valence-corrected chi connectivity index (χ4v) is 3.09. The number of hydrogen-bond donors (Lipinski definition) is 1. The summed E-state index contributed by atoms with van der Waals surface area (Å²) in [6, 6.07) is 16.5. The monoisotopic (exact) mass is 283 g/mol. The predicted molar refractivity (Wildman–Crippen MR) is 83.4 cm³/mol. The number of rotatable bonds is 4. The fraction of sp³-hybridized carbons (Fsp3) is 0.333. The zero-order valence-corrected chi connectivity index (χ0v) is 12.5. The second-order valence-electron chi connectivity index (χ2n) is 5.68. The number of aliphatic hydroxyl groups excluding tert-OH is 1. The molecular weight excluding hydrogens is 262 g/mol. The highest BCUT2D eigenvalue weighted by Gasteiger charge is 2.33. The summed E-state index contributed by atoms with van der Waals surface area (Å²) in [5.74, 6) is 0.805. The van der Waals surface area contributed by atoms with Gasteiger partial charge in [0.15, 0.2) is 0 Å². The third-order valence-electron chi connectivity index (χ3n) is 4.31. The highest BCUT2D eigenvalue weighted by atomic mass is 16.5. The van der Waals surface area contributed by atoms with E-state index in [4.69, 9.17) is 4.74 Å². The molecule has 3 heteroatoms. The van der Waals surface area contributed by atoms with E-state index in [1.165, 1.54) is 11.1 Å². The number of hydrogen-bond acceptors (Lipinski definition) is 3. The minimum atomic E-state index is -0.455. The Morgan fingerprint density at radius 1 is 1.19 bits per heavy atom. The zero-order chi connectivity index (χ0) is 14.8. The number of methoxy groups -OCH3 is 1. The summed E-state index contributed by atoms with van der Waals surface area (Å²) < 4.78 is 5.25. The SMILES string of the molecule is COc1ccc2c(c1)C(O)C(N(C)Cc1ccccc1)C2. The quantitative estimate of drug-likeness (QED) is 0.936. The predicted octanol–water partition coefficient (Wildman–Crippen LogP) is 2.79. The van der Waals surface area contributed by atoms with E-state index in [0.29, 0.717) is 0 Å². The molecule has 2 aromatic carbocycles. The van der Waals surface area contributed by atoms with Crippen molar-refractivity contribution in [3.8, 4) is 5.75 Å². The number of ether oxygens (including phenoxy) is 1. The Morgan fingerprint density at radius 2 is 1.95 bits per heavy atom. The van der Waals surface area contributed by atoms with Gasteiger partial charge in [0, 0.05) is 12.6 Å². The van der Waals surface area contributed by atoms with Crippen LogP contribution in [0.3, 0.4) is 0 Å². The van der Waals surface area contributed by atoms with E-state index in [1.807, 2.05) is 30.3 Å². The maximum atomic E-state index is 10.6. The van der Waals surface area contributed by atoms with Gasteiger partial charge in [0.1, 0.15) is 5.75 Å². The largest absolute Gasteiger partial charge is 0.497 e. The van der Waals surface area contributed by atoms with Crippen molar-refractivity contribution in [1.29, 1.82) is 0 Å². The molecule has 0 heterocycles. The molecule has 0 saturated heterocycles. The molecule has 0 bridgehead atoms. The lowest BCUT2D eigenvalue weighted by molar-refractivity contribution is 0.0720. The van der Waals surface area contributed by atoms with Gasteiger partial charge in [-0.1, -0.05) is 36.4 Å². The van der Waals surface area contributed by atoms with Crippen molar-refractivity contribution in [2.75, 3.05) is 14.2 Å². The summed E-state index contributed by atoms with van der Waals surface area (Å²) in [6.45, 7) is 0.841. The Kier molecular flexibility index (Phi) is 3.95. The maximum Gasteiger partial charge on any atom is 0.119 e. The van der Waals surface area contributed by atoms with Gasteiger partial charge in [-0.25, -0.2) is 0 Å². The Balaban J connectivity index is 1.76. The first-order chi connectivity index (χ1) is 10.2. The zero-order valence-electron chi connectivity index (χ0n) is 12.5. The summed E-state index contributed by atoms with van der Waals surface area (Å²) in [5, 5.41) is 10.6. The van der Waals surface area contributed by atoms with Crippen LogP contribution >= 0.6 is 0 Å². The van der Waals surface area contributed by atoms with Crippen LogP contribution < -0.4 is 4.74 Å². The first-order valence-corrected chi connectivity index (χ1v) is 7.28. The Labute approximate surface area is 125 Å². The Bertz CT molecular complexity index is 612. The van der Waals surface area contributed by atoms with Crippen LogP contribution in [-0.2, 0) is 13.0 Å². The lowest BCUT2D eigenvalue weighted by Crippen LogP contribution is -2.34. The van der Waals surface area contributed by atoms with Crippen LogP contribution in [0.1, 0.15) is 22.8 Å². The maximum absolute atomic E-state index is 10.6. The van der Waals surface area contributed by atoms with Crippen molar-refractivity contribution < 1.29 is 9.84 Å². The second kappa shape index (κ2) is 5.88. The minimum absolute atomic E-state index is 0.118. The molecule has 1 aliphatic rings. The molecule has 0 aromatic heterocycles. The van der Waals surface area contributed by atoms with Crippen LogP contribution in [0.15, 0.2) is 48.5 Å². The van der Waals surface area contributed by atoms with Gasteiger partial charge in [-0.2, -0.15) is 0 Å². The minimum Gasteiger partial charge on any atom is -0.497 e. The van der Waals surface area contributed by atoms with Crippen LogP contribution in [0, 0.1) is 0 Å². The standard InChI is InChI=1S/C18H21NO2/c1-19(12-13-6-4-3-5-7-13)17-10-14-8-9-15(21-2)11-16(14)18(17)20/h3-9,11,17-18,20H,10,12H2,1-2H3. The van der Waals surface area contributed by atoms with Crippen LogP contribution in [0.4, 0.5) is 0 Å². The van der Waals surface area contributed by atoms with Crippen molar-refractivity contribution in [2.45, 2.75) is 25.1 Å². The lowest BCUT2D eigenvalue weighted by Gasteiger charge is -2.27. The van der Waals surface area contributed by atoms with Crippen molar-refractivity contribution in [3.05, 3.63) is 65.2 Å². The van der Waals surface area contributed by atoms with Crippen LogP contribution in [0.25, 0.3) is 0 Å². The second-order valence-corrected chi connectivity index (χ2v) is 5.68. The molecule has 0 saturated carbocycles. The van der Waals surface area contributed by atoms with E-state index >= 15 is 0 Å². The van der Waals surface area contributed by atoms with Crippen molar-refractivity contribution in [3.63, 3.8) is 0 Å². The normalized spacial score (nSPS) is 20.6. The number of likely N-dealkylation sites (N-methyl/N-ethyl adjacent to an activating group) is 1. The molecule has 0 aliphatic heterocycles. The molecule has 0 spiro atoms. The van der Waals surface area contributed by atoms with Gasteiger partial charge in [0.2, 0.25) is 0 Å². The summed E-state index contributed by atoms with van der Waals surface area (Å²) in [7, 11) is 3.73. The molecule has 2 atom stereocenters. The Hall–Kier alpha value is -1.84. The van der Waals surface area contributed by atoms with Crippen molar-refractivity contribution in [2.24, 2.45) is 0 Å². The molecule has 0 amide bonds. The Morgan fingerprint density at radius 3 is 2.67 bits per heavy atom. The molecule has 1 N–H and O–H groups in total. The molecular formula is C18H21NO2. The van der Waals surface area contributed by atoms with E-state index in [-0.39, 0.29) is 6.04 Å². The summed E-state index contributed by atoms with van der Waals surface area (Å²) in [6.07, 6.45) is 0.424. The van der Waals surface area contributed by atoms with Gasteiger partial charge in [0.05, 0.1) is 13.2 Å². The number of aliphatic hydroxyl groups is 1. The topological polar surface area (TPSA) is 32.7 Å². The van der Waals surface area contributed by atoms with E-state index in [1.54, 1.807) is 7.11 Å². The highest BCUT2D eigenvalue weighted by Crippen LogP contribution is 2.36.